The van der Waals surface area contributed by atoms with Crippen molar-refractivity contribution < 1.29 is 20.5 Å². The normalized spacial score (nSPS) is 50.7. The highest BCUT2D eigenvalue weighted by Gasteiger charge is 2.56. The van der Waals surface area contributed by atoms with Gasteiger partial charge in [-0.25, -0.2) is 0 Å². The van der Waals surface area contributed by atoms with Crippen LogP contribution >= 0.6 is 0 Å². The van der Waals surface area contributed by atoms with Crippen molar-refractivity contribution in [3.8, 4) is 0 Å². The lowest BCUT2D eigenvalue weighted by Crippen LogP contribution is -2.68. The van der Waals surface area contributed by atoms with Crippen molar-refractivity contribution in [1.82, 2.24) is 5.06 Å². The quantitative estimate of drug-likeness (QED) is 0.537. The Morgan fingerprint density at radius 1 is 0.700 bits per heavy atom. The molecule has 3 fully saturated rings. The van der Waals surface area contributed by atoms with E-state index in [-0.39, 0.29) is 0 Å². The fourth-order valence-corrected chi connectivity index (χ4v) is 5.00. The molecule has 0 aromatic rings. The summed E-state index contributed by atoms with van der Waals surface area (Å²) in [6, 6.07) is 0. The van der Waals surface area contributed by atoms with E-state index in [1.807, 2.05) is 0 Å². The van der Waals surface area contributed by atoms with Crippen LogP contribution in [0.1, 0.15) is 64.2 Å². The first kappa shape index (κ1) is 14.7. The molecular formula is C15H27NO4. The topological polar surface area (TPSA) is 84.2 Å². The monoisotopic (exact) mass is 285 g/mol. The van der Waals surface area contributed by atoms with Crippen molar-refractivity contribution in [3.63, 3.8) is 0 Å². The summed E-state index contributed by atoms with van der Waals surface area (Å²) in [6.45, 7) is 0. The lowest BCUT2D eigenvalue weighted by Gasteiger charge is -2.59. The maximum atomic E-state index is 10.9. The Hall–Kier alpha value is -0.200. The third-order valence-electron chi connectivity index (χ3n) is 5.72. The molecule has 0 aromatic carbocycles. The predicted octanol–water partition coefficient (Wildman–Crippen LogP) is 1.18. The van der Waals surface area contributed by atoms with Gasteiger partial charge < -0.3 is 20.5 Å². The maximum Gasteiger partial charge on any atom is 0.0577 e. The lowest BCUT2D eigenvalue weighted by molar-refractivity contribution is -0.300. The van der Waals surface area contributed by atoms with Gasteiger partial charge in [-0.15, -0.1) is 0 Å². The van der Waals surface area contributed by atoms with Gasteiger partial charge in [0.1, 0.15) is 0 Å². The summed E-state index contributed by atoms with van der Waals surface area (Å²) in [7, 11) is 0. The fourth-order valence-electron chi connectivity index (χ4n) is 5.00. The number of piperidine rings is 1. The van der Waals surface area contributed by atoms with Gasteiger partial charge in [0.05, 0.1) is 29.4 Å². The van der Waals surface area contributed by atoms with Crippen LogP contribution in [0.5, 0.6) is 0 Å². The number of nitrogens with zero attached hydrogens (tertiary/aromatic N) is 1. The summed E-state index contributed by atoms with van der Waals surface area (Å²) in [5.74, 6) is 0. The van der Waals surface area contributed by atoms with Crippen LogP contribution in [0.2, 0.25) is 0 Å². The molecule has 1 saturated heterocycles. The van der Waals surface area contributed by atoms with Gasteiger partial charge in [-0.1, -0.05) is 0 Å². The first-order valence-electron chi connectivity index (χ1n) is 7.99. The first-order chi connectivity index (χ1) is 9.46. The Morgan fingerprint density at radius 3 is 1.50 bits per heavy atom. The molecule has 0 amide bonds. The summed E-state index contributed by atoms with van der Waals surface area (Å²) < 4.78 is 0. The molecule has 2 saturated carbocycles. The van der Waals surface area contributed by atoms with E-state index in [4.69, 9.17) is 0 Å². The molecule has 0 radical (unpaired) electrons. The van der Waals surface area contributed by atoms with Gasteiger partial charge in [0.25, 0.3) is 0 Å². The summed E-state index contributed by atoms with van der Waals surface area (Å²) in [5, 5.41) is 42.7. The van der Waals surface area contributed by atoms with Gasteiger partial charge in [0, 0.05) is 0 Å². The Morgan fingerprint density at radius 2 is 1.10 bits per heavy atom. The van der Waals surface area contributed by atoms with Gasteiger partial charge >= 0.3 is 0 Å². The van der Waals surface area contributed by atoms with E-state index in [9.17, 15) is 20.5 Å². The standard InChI is InChI=1S/C15H27NO4/c17-11-3-1-5-14(7-11)9-13(19)10-15(16(14)20)6-2-4-12(18)8-15/h11-13,17-20H,1-10H2. The second-order valence-corrected chi connectivity index (χ2v) is 7.32. The molecule has 0 bridgehead atoms. The van der Waals surface area contributed by atoms with Crippen molar-refractivity contribution >= 4 is 0 Å². The summed E-state index contributed by atoms with van der Waals surface area (Å²) >= 11 is 0. The summed E-state index contributed by atoms with van der Waals surface area (Å²) in [6.07, 6.45) is 5.81. The smallest absolute Gasteiger partial charge is 0.0577 e. The molecule has 3 aliphatic rings. The van der Waals surface area contributed by atoms with Crippen LogP contribution < -0.4 is 0 Å². The summed E-state index contributed by atoms with van der Waals surface area (Å²) in [4.78, 5) is 0. The average molecular weight is 285 g/mol. The zero-order valence-electron chi connectivity index (χ0n) is 12.0. The molecular weight excluding hydrogens is 258 g/mol. The maximum absolute atomic E-state index is 10.9. The van der Waals surface area contributed by atoms with Crippen LogP contribution in [-0.2, 0) is 0 Å². The molecule has 1 heterocycles. The van der Waals surface area contributed by atoms with E-state index in [1.165, 1.54) is 5.06 Å². The van der Waals surface area contributed by atoms with E-state index >= 15 is 0 Å². The number of hydrogen-bond acceptors (Lipinski definition) is 5. The zero-order chi connectivity index (χ0) is 14.4. The fraction of sp³-hybridized carbons (Fsp3) is 1.00. The number of rotatable bonds is 0. The zero-order valence-corrected chi connectivity index (χ0v) is 12.0. The third kappa shape index (κ3) is 2.40. The Kier molecular flexibility index (Phi) is 3.84. The van der Waals surface area contributed by atoms with Crippen molar-refractivity contribution in [2.75, 3.05) is 0 Å². The second-order valence-electron chi connectivity index (χ2n) is 7.32. The molecule has 4 N–H and O–H groups in total. The number of aliphatic hydroxyl groups excluding tert-OH is 3. The lowest BCUT2D eigenvalue weighted by atomic mass is 9.65. The van der Waals surface area contributed by atoms with Gasteiger partial charge in [0.15, 0.2) is 0 Å². The molecule has 1 aliphatic heterocycles. The largest absolute Gasteiger partial charge is 0.393 e. The number of hydroxylamine groups is 2. The van der Waals surface area contributed by atoms with Crippen LogP contribution in [0.4, 0.5) is 0 Å². The molecule has 4 unspecified atom stereocenters. The minimum absolute atomic E-state index is 0.394. The number of aliphatic hydroxyl groups is 3. The van der Waals surface area contributed by atoms with E-state index in [2.05, 4.69) is 0 Å². The molecule has 4 atom stereocenters. The minimum Gasteiger partial charge on any atom is -0.393 e. The predicted molar refractivity (Wildman–Crippen MR) is 73.3 cm³/mol. The highest BCUT2D eigenvalue weighted by molar-refractivity contribution is 5.08. The SMILES string of the molecule is OC1CCCC2(C1)CC(O)CC1(CCCC(O)C1)N2O. The van der Waals surface area contributed by atoms with Crippen molar-refractivity contribution in [2.24, 2.45) is 0 Å². The molecule has 5 heteroatoms. The average Bonchev–Trinajstić information content (AvgIpc) is 2.36. The van der Waals surface area contributed by atoms with Crippen molar-refractivity contribution in [2.45, 2.75) is 93.6 Å². The van der Waals surface area contributed by atoms with Crippen LogP contribution in [0.3, 0.4) is 0 Å². The summed E-state index contributed by atoms with van der Waals surface area (Å²) in [5.41, 5.74) is -1.02. The number of hydrogen-bond donors (Lipinski definition) is 4. The molecule has 116 valence electrons. The van der Waals surface area contributed by atoms with Crippen LogP contribution in [0, 0.1) is 0 Å². The molecule has 2 spiro atoms. The highest BCUT2D eigenvalue weighted by Crippen LogP contribution is 2.50. The van der Waals surface area contributed by atoms with Gasteiger partial charge in [-0.3, -0.25) is 0 Å². The minimum atomic E-state index is -0.508. The third-order valence-corrected chi connectivity index (χ3v) is 5.72. The molecule has 5 nitrogen and oxygen atoms in total. The molecule has 3 rings (SSSR count). The van der Waals surface area contributed by atoms with E-state index in [1.54, 1.807) is 0 Å². The van der Waals surface area contributed by atoms with Gasteiger partial charge in [0.2, 0.25) is 0 Å². The van der Waals surface area contributed by atoms with E-state index in [0.717, 1.165) is 38.5 Å². The van der Waals surface area contributed by atoms with E-state index < -0.39 is 29.4 Å². The Balaban J connectivity index is 1.88. The van der Waals surface area contributed by atoms with Crippen molar-refractivity contribution in [3.05, 3.63) is 0 Å². The van der Waals surface area contributed by atoms with Crippen LogP contribution in [-0.4, -0.2) is 55.0 Å². The van der Waals surface area contributed by atoms with Crippen LogP contribution in [0.25, 0.3) is 0 Å². The molecule has 20 heavy (non-hydrogen) atoms. The van der Waals surface area contributed by atoms with Gasteiger partial charge in [-0.2, -0.15) is 5.06 Å². The first-order valence-corrected chi connectivity index (χ1v) is 7.99. The Labute approximate surface area is 120 Å². The van der Waals surface area contributed by atoms with Gasteiger partial charge in [-0.05, 0) is 64.2 Å². The van der Waals surface area contributed by atoms with Crippen LogP contribution in [0.15, 0.2) is 0 Å². The Bertz CT molecular complexity index is 326. The van der Waals surface area contributed by atoms with E-state index in [0.29, 0.717) is 25.7 Å². The highest BCUT2D eigenvalue weighted by atomic mass is 16.5. The molecule has 0 aromatic heterocycles. The molecule has 2 aliphatic carbocycles. The second kappa shape index (κ2) is 5.21. The van der Waals surface area contributed by atoms with Crippen molar-refractivity contribution in [1.29, 1.82) is 0 Å².